The lowest BCUT2D eigenvalue weighted by molar-refractivity contribution is -0.141. The van der Waals surface area contributed by atoms with Gasteiger partial charge in [0, 0.05) is 11.1 Å². The maximum absolute atomic E-state index is 12.3. The Hall–Kier alpha value is -2.95. The SMILES string of the molecule is Cc1cc(C)cc(C(=O)NCC(=O)OCC(=O)c2ccc3c(c2)CCCC3)c1. The van der Waals surface area contributed by atoms with E-state index in [1.165, 1.54) is 17.5 Å². The number of fused-ring (bicyclic) bond motifs is 1. The number of ketones is 1. The van der Waals surface area contributed by atoms with Crippen molar-refractivity contribution >= 4 is 17.7 Å². The molecule has 0 spiro atoms. The van der Waals surface area contributed by atoms with Gasteiger partial charge in [-0.15, -0.1) is 0 Å². The molecule has 2 aromatic carbocycles. The van der Waals surface area contributed by atoms with Crippen molar-refractivity contribution in [2.75, 3.05) is 13.2 Å². The van der Waals surface area contributed by atoms with Crippen molar-refractivity contribution in [2.45, 2.75) is 39.5 Å². The summed E-state index contributed by atoms with van der Waals surface area (Å²) in [4.78, 5) is 36.4. The molecule has 0 fully saturated rings. The van der Waals surface area contributed by atoms with Crippen LogP contribution in [0, 0.1) is 13.8 Å². The fourth-order valence-corrected chi connectivity index (χ4v) is 3.55. The Morgan fingerprint density at radius 1 is 0.893 bits per heavy atom. The number of aryl methyl sites for hydroxylation is 4. The van der Waals surface area contributed by atoms with E-state index in [0.717, 1.165) is 30.4 Å². The van der Waals surface area contributed by atoms with E-state index in [4.69, 9.17) is 4.74 Å². The van der Waals surface area contributed by atoms with Crippen LogP contribution in [0.25, 0.3) is 0 Å². The van der Waals surface area contributed by atoms with Crippen LogP contribution in [0.1, 0.15) is 55.8 Å². The lowest BCUT2D eigenvalue weighted by Crippen LogP contribution is -2.31. The molecule has 1 aliphatic carbocycles. The minimum atomic E-state index is -0.635. The highest BCUT2D eigenvalue weighted by Gasteiger charge is 2.15. The lowest BCUT2D eigenvalue weighted by atomic mass is 9.90. The Labute approximate surface area is 165 Å². The second kappa shape index (κ2) is 8.83. The zero-order valence-corrected chi connectivity index (χ0v) is 16.3. The zero-order valence-electron chi connectivity index (χ0n) is 16.3. The highest BCUT2D eigenvalue weighted by atomic mass is 16.5. The topological polar surface area (TPSA) is 72.5 Å². The summed E-state index contributed by atoms with van der Waals surface area (Å²) in [5, 5.41) is 2.53. The Morgan fingerprint density at radius 3 is 2.29 bits per heavy atom. The predicted octanol–water partition coefficient (Wildman–Crippen LogP) is 3.34. The molecule has 0 atom stereocenters. The van der Waals surface area contributed by atoms with Crippen LogP contribution in [0.15, 0.2) is 36.4 Å². The van der Waals surface area contributed by atoms with Gasteiger partial charge in [-0.25, -0.2) is 0 Å². The first-order chi connectivity index (χ1) is 13.4. The molecule has 5 heteroatoms. The van der Waals surface area contributed by atoms with Crippen molar-refractivity contribution in [3.63, 3.8) is 0 Å². The molecule has 1 aliphatic rings. The minimum Gasteiger partial charge on any atom is -0.456 e. The summed E-state index contributed by atoms with van der Waals surface area (Å²) >= 11 is 0. The fraction of sp³-hybridized carbons (Fsp3) is 0.348. The summed E-state index contributed by atoms with van der Waals surface area (Å²) in [6.07, 6.45) is 4.37. The van der Waals surface area contributed by atoms with Gasteiger partial charge < -0.3 is 10.1 Å². The second-order valence-electron chi connectivity index (χ2n) is 7.33. The second-order valence-corrected chi connectivity index (χ2v) is 7.33. The molecule has 0 bridgehead atoms. The van der Waals surface area contributed by atoms with Crippen molar-refractivity contribution in [3.05, 3.63) is 69.8 Å². The van der Waals surface area contributed by atoms with E-state index in [1.807, 2.05) is 32.0 Å². The van der Waals surface area contributed by atoms with Gasteiger partial charge in [0.2, 0.25) is 0 Å². The standard InChI is InChI=1S/C23H25NO4/c1-15-9-16(2)11-20(10-15)23(27)24-13-22(26)28-14-21(25)19-8-7-17-5-3-4-6-18(17)12-19/h7-12H,3-6,13-14H2,1-2H3,(H,24,27). The van der Waals surface area contributed by atoms with E-state index in [2.05, 4.69) is 5.32 Å². The number of benzene rings is 2. The van der Waals surface area contributed by atoms with E-state index < -0.39 is 5.97 Å². The first-order valence-corrected chi connectivity index (χ1v) is 9.59. The molecule has 0 saturated carbocycles. The van der Waals surface area contributed by atoms with Gasteiger partial charge in [-0.1, -0.05) is 29.3 Å². The number of esters is 1. The predicted molar refractivity (Wildman–Crippen MR) is 107 cm³/mol. The third-order valence-corrected chi connectivity index (χ3v) is 4.91. The first kappa shape index (κ1) is 19.8. The van der Waals surface area contributed by atoms with Gasteiger partial charge >= 0.3 is 5.97 Å². The smallest absolute Gasteiger partial charge is 0.325 e. The molecule has 1 N–H and O–H groups in total. The van der Waals surface area contributed by atoms with Gasteiger partial charge in [0.1, 0.15) is 6.54 Å². The van der Waals surface area contributed by atoms with Crippen molar-refractivity contribution in [2.24, 2.45) is 0 Å². The molecule has 0 aliphatic heterocycles. The number of carbonyl (C=O) groups excluding carboxylic acids is 3. The third-order valence-electron chi connectivity index (χ3n) is 4.91. The third kappa shape index (κ3) is 5.06. The van der Waals surface area contributed by atoms with Crippen LogP contribution in [-0.2, 0) is 22.4 Å². The zero-order chi connectivity index (χ0) is 20.1. The average molecular weight is 379 g/mol. The number of hydrogen-bond donors (Lipinski definition) is 1. The molecule has 28 heavy (non-hydrogen) atoms. The Morgan fingerprint density at radius 2 is 1.57 bits per heavy atom. The summed E-state index contributed by atoms with van der Waals surface area (Å²) in [5.41, 5.74) is 5.52. The van der Waals surface area contributed by atoms with Crippen LogP contribution in [0.4, 0.5) is 0 Å². The molecule has 2 aromatic rings. The maximum Gasteiger partial charge on any atom is 0.325 e. The lowest BCUT2D eigenvalue weighted by Gasteiger charge is -2.16. The number of carbonyl (C=O) groups is 3. The normalized spacial score (nSPS) is 12.8. The molecule has 0 aromatic heterocycles. The number of rotatable bonds is 6. The molecule has 0 unspecified atom stereocenters. The Kier molecular flexibility index (Phi) is 6.24. The first-order valence-electron chi connectivity index (χ1n) is 9.59. The average Bonchev–Trinajstić information content (AvgIpc) is 2.69. The summed E-state index contributed by atoms with van der Waals surface area (Å²) in [5.74, 6) is -1.21. The molecule has 1 amide bonds. The van der Waals surface area contributed by atoms with Gasteiger partial charge in [-0.3, -0.25) is 14.4 Å². The molecule has 0 radical (unpaired) electrons. The fourth-order valence-electron chi connectivity index (χ4n) is 3.55. The number of nitrogens with one attached hydrogen (secondary N) is 1. The van der Waals surface area contributed by atoms with Crippen molar-refractivity contribution in [1.82, 2.24) is 5.32 Å². The molecule has 0 saturated heterocycles. The van der Waals surface area contributed by atoms with Crippen LogP contribution in [0.5, 0.6) is 0 Å². The summed E-state index contributed by atoms with van der Waals surface area (Å²) in [7, 11) is 0. The molecular formula is C23H25NO4. The van der Waals surface area contributed by atoms with E-state index in [9.17, 15) is 14.4 Å². The van der Waals surface area contributed by atoms with Crippen LogP contribution in [-0.4, -0.2) is 30.8 Å². The molecule has 3 rings (SSSR count). The maximum atomic E-state index is 12.3. The largest absolute Gasteiger partial charge is 0.456 e. The quantitative estimate of drug-likeness (QED) is 0.617. The highest BCUT2D eigenvalue weighted by molar-refractivity contribution is 5.99. The van der Waals surface area contributed by atoms with Crippen molar-refractivity contribution in [3.8, 4) is 0 Å². The number of Topliss-reactive ketones (excluding diaryl/α,β-unsaturated/α-hetero) is 1. The summed E-state index contributed by atoms with van der Waals surface area (Å²) in [6, 6.07) is 11.2. The molecule has 146 valence electrons. The van der Waals surface area contributed by atoms with Crippen LogP contribution in [0.3, 0.4) is 0 Å². The number of ether oxygens (including phenoxy) is 1. The Balaban J connectivity index is 1.48. The van der Waals surface area contributed by atoms with Gasteiger partial charge in [-0.2, -0.15) is 0 Å². The summed E-state index contributed by atoms with van der Waals surface area (Å²) in [6.45, 7) is 3.22. The van der Waals surface area contributed by atoms with E-state index in [-0.39, 0.29) is 24.8 Å². The highest BCUT2D eigenvalue weighted by Crippen LogP contribution is 2.22. The minimum absolute atomic E-state index is 0.234. The monoisotopic (exact) mass is 379 g/mol. The number of hydrogen-bond acceptors (Lipinski definition) is 4. The summed E-state index contributed by atoms with van der Waals surface area (Å²) < 4.78 is 5.03. The Bertz CT molecular complexity index is 897. The van der Waals surface area contributed by atoms with Gasteiger partial charge in [0.05, 0.1) is 0 Å². The van der Waals surface area contributed by atoms with Crippen LogP contribution >= 0.6 is 0 Å². The van der Waals surface area contributed by atoms with Crippen molar-refractivity contribution < 1.29 is 19.1 Å². The van der Waals surface area contributed by atoms with Gasteiger partial charge in [0.15, 0.2) is 12.4 Å². The van der Waals surface area contributed by atoms with E-state index >= 15 is 0 Å². The number of amides is 1. The van der Waals surface area contributed by atoms with Crippen molar-refractivity contribution in [1.29, 1.82) is 0 Å². The van der Waals surface area contributed by atoms with Gasteiger partial charge in [0.25, 0.3) is 5.91 Å². The van der Waals surface area contributed by atoms with Crippen LogP contribution < -0.4 is 5.32 Å². The van der Waals surface area contributed by atoms with E-state index in [1.54, 1.807) is 18.2 Å². The molecule has 0 heterocycles. The van der Waals surface area contributed by atoms with Crippen LogP contribution in [0.2, 0.25) is 0 Å². The van der Waals surface area contributed by atoms with Gasteiger partial charge in [-0.05, 0) is 68.9 Å². The molecule has 5 nitrogen and oxygen atoms in total. The van der Waals surface area contributed by atoms with E-state index in [0.29, 0.717) is 11.1 Å². The molecular weight excluding hydrogens is 354 g/mol.